The molecule has 2 aliphatic heterocycles. The first kappa shape index (κ1) is 18.3. The first-order chi connectivity index (χ1) is 13.0. The Morgan fingerprint density at radius 3 is 2.63 bits per heavy atom. The van der Waals surface area contributed by atoms with Crippen molar-refractivity contribution >= 4 is 11.8 Å². The smallest absolute Gasteiger partial charge is 0.257 e. The molecule has 2 saturated heterocycles. The van der Waals surface area contributed by atoms with Gasteiger partial charge < -0.3 is 14.5 Å². The summed E-state index contributed by atoms with van der Waals surface area (Å²) < 4.78 is 5.47. The highest BCUT2D eigenvalue weighted by atomic mass is 16.5. The van der Waals surface area contributed by atoms with Crippen molar-refractivity contribution in [2.75, 3.05) is 33.3 Å². The Morgan fingerprint density at radius 2 is 1.96 bits per heavy atom. The summed E-state index contributed by atoms with van der Waals surface area (Å²) in [6.07, 6.45) is 6.17. The minimum atomic E-state index is 0.0622. The van der Waals surface area contributed by atoms with E-state index in [0.29, 0.717) is 23.6 Å². The van der Waals surface area contributed by atoms with Crippen LogP contribution in [0.5, 0.6) is 5.75 Å². The predicted octanol–water partition coefficient (Wildman–Crippen LogP) is 3.26. The Bertz CT molecular complexity index is 733. The molecule has 2 heterocycles. The molecule has 0 unspecified atom stereocenters. The van der Waals surface area contributed by atoms with Crippen LogP contribution in [0.25, 0.3) is 0 Å². The zero-order valence-electron chi connectivity index (χ0n) is 16.5. The maximum Gasteiger partial charge on any atom is 0.257 e. The molecule has 27 heavy (non-hydrogen) atoms. The number of hydrogen-bond donors (Lipinski definition) is 0. The molecule has 5 heteroatoms. The van der Waals surface area contributed by atoms with Crippen molar-refractivity contribution in [1.29, 1.82) is 0 Å². The highest BCUT2D eigenvalue weighted by molar-refractivity contribution is 5.97. The second-order valence-electron chi connectivity index (χ2n) is 8.67. The Morgan fingerprint density at radius 1 is 1.22 bits per heavy atom. The van der Waals surface area contributed by atoms with Crippen molar-refractivity contribution in [3.63, 3.8) is 0 Å². The van der Waals surface area contributed by atoms with Crippen LogP contribution >= 0.6 is 0 Å². The lowest BCUT2D eigenvalue weighted by molar-refractivity contribution is -0.139. The number of hydrogen-bond acceptors (Lipinski definition) is 3. The number of likely N-dealkylation sites (tertiary alicyclic amines) is 2. The van der Waals surface area contributed by atoms with Gasteiger partial charge in [-0.25, -0.2) is 0 Å². The quantitative estimate of drug-likeness (QED) is 0.817. The fourth-order valence-corrected chi connectivity index (χ4v) is 4.74. The molecule has 3 fully saturated rings. The molecule has 1 saturated carbocycles. The second kappa shape index (κ2) is 7.17. The van der Waals surface area contributed by atoms with Gasteiger partial charge in [-0.15, -0.1) is 0 Å². The number of carbonyl (C=O) groups excluding carboxylic acids is 2. The van der Waals surface area contributed by atoms with E-state index in [0.717, 1.165) is 56.9 Å². The lowest BCUT2D eigenvalue weighted by atomic mass is 9.72. The molecule has 3 aliphatic rings. The fourth-order valence-electron chi connectivity index (χ4n) is 4.74. The Hall–Kier alpha value is -2.04. The largest absolute Gasteiger partial charge is 0.496 e. The summed E-state index contributed by atoms with van der Waals surface area (Å²) in [5, 5.41) is 0. The van der Waals surface area contributed by atoms with Crippen LogP contribution < -0.4 is 4.74 Å². The molecular weight excluding hydrogens is 340 g/mol. The summed E-state index contributed by atoms with van der Waals surface area (Å²) in [4.78, 5) is 29.4. The molecule has 4 rings (SSSR count). The van der Waals surface area contributed by atoms with E-state index >= 15 is 0 Å². The molecule has 5 nitrogen and oxygen atoms in total. The Balaban J connectivity index is 1.42. The maximum absolute atomic E-state index is 13.1. The van der Waals surface area contributed by atoms with Gasteiger partial charge in [0.2, 0.25) is 5.91 Å². The van der Waals surface area contributed by atoms with Gasteiger partial charge in [-0.1, -0.05) is 12.1 Å². The van der Waals surface area contributed by atoms with Crippen LogP contribution in [-0.2, 0) is 4.79 Å². The number of amides is 2. The molecule has 1 aromatic rings. The topological polar surface area (TPSA) is 49.9 Å². The fraction of sp³-hybridized carbons (Fsp3) is 0.636. The molecular formula is C22H30N2O3. The van der Waals surface area contributed by atoms with Crippen LogP contribution in [0.3, 0.4) is 0 Å². The van der Waals surface area contributed by atoms with E-state index in [9.17, 15) is 9.59 Å². The standard InChI is InChI=1S/C22H30N2O3/c1-16-4-3-5-18(20(16)27-2)21(26)23-12-10-22(11-13-23)9-8-19(25)24(15-22)14-17-6-7-17/h3-5,17H,6-15H2,1-2H3. The van der Waals surface area contributed by atoms with E-state index in [4.69, 9.17) is 4.74 Å². The summed E-state index contributed by atoms with van der Waals surface area (Å²) >= 11 is 0. The first-order valence-electron chi connectivity index (χ1n) is 10.2. The van der Waals surface area contributed by atoms with Crippen LogP contribution in [0.15, 0.2) is 18.2 Å². The third-order valence-corrected chi connectivity index (χ3v) is 6.68. The Kier molecular flexibility index (Phi) is 4.87. The van der Waals surface area contributed by atoms with Crippen molar-refractivity contribution < 1.29 is 14.3 Å². The highest BCUT2D eigenvalue weighted by Gasteiger charge is 2.43. The van der Waals surface area contributed by atoms with Crippen LogP contribution in [0.1, 0.15) is 54.4 Å². The number of ether oxygens (including phenoxy) is 1. The van der Waals surface area contributed by atoms with E-state index in [1.165, 1.54) is 12.8 Å². The summed E-state index contributed by atoms with van der Waals surface area (Å²) in [6.45, 7) is 5.33. The molecule has 0 aromatic heterocycles. The normalized spacial score (nSPS) is 22.2. The van der Waals surface area contributed by atoms with E-state index in [1.807, 2.05) is 30.0 Å². The van der Waals surface area contributed by atoms with Gasteiger partial charge in [-0.05, 0) is 62.0 Å². The minimum absolute atomic E-state index is 0.0622. The van der Waals surface area contributed by atoms with Gasteiger partial charge in [0, 0.05) is 32.6 Å². The van der Waals surface area contributed by atoms with Crippen molar-refractivity contribution in [2.24, 2.45) is 11.3 Å². The van der Waals surface area contributed by atoms with Crippen molar-refractivity contribution in [3.8, 4) is 5.75 Å². The zero-order valence-corrected chi connectivity index (χ0v) is 16.5. The van der Waals surface area contributed by atoms with E-state index < -0.39 is 0 Å². The third kappa shape index (κ3) is 3.69. The summed E-state index contributed by atoms with van der Waals surface area (Å²) in [7, 11) is 1.62. The number of piperidine rings is 2. The van der Waals surface area contributed by atoms with Crippen molar-refractivity contribution in [1.82, 2.24) is 9.80 Å². The SMILES string of the molecule is COc1c(C)cccc1C(=O)N1CCC2(CCC(=O)N(CC3CC3)C2)CC1. The molecule has 0 atom stereocenters. The zero-order chi connectivity index (χ0) is 19.0. The lowest BCUT2D eigenvalue weighted by Gasteiger charge is -2.47. The van der Waals surface area contributed by atoms with Gasteiger partial charge in [0.05, 0.1) is 12.7 Å². The molecule has 2 amide bonds. The summed E-state index contributed by atoms with van der Waals surface area (Å²) in [5.74, 6) is 1.81. The van der Waals surface area contributed by atoms with Crippen molar-refractivity contribution in [3.05, 3.63) is 29.3 Å². The van der Waals surface area contributed by atoms with Crippen LogP contribution in [0.4, 0.5) is 0 Å². The van der Waals surface area contributed by atoms with E-state index in [1.54, 1.807) is 7.11 Å². The maximum atomic E-state index is 13.1. The van der Waals surface area contributed by atoms with Gasteiger partial charge >= 0.3 is 0 Å². The lowest BCUT2D eigenvalue weighted by Crippen LogP contribution is -2.52. The molecule has 0 bridgehead atoms. The number of aryl methyl sites for hydroxylation is 1. The highest BCUT2D eigenvalue weighted by Crippen LogP contribution is 2.42. The van der Waals surface area contributed by atoms with Gasteiger partial charge in [-0.3, -0.25) is 9.59 Å². The average Bonchev–Trinajstić information content (AvgIpc) is 3.49. The van der Waals surface area contributed by atoms with Crippen LogP contribution in [0.2, 0.25) is 0 Å². The monoisotopic (exact) mass is 370 g/mol. The van der Waals surface area contributed by atoms with Crippen LogP contribution in [-0.4, -0.2) is 54.9 Å². The molecule has 0 N–H and O–H groups in total. The number of nitrogens with zero attached hydrogens (tertiary/aromatic N) is 2. The predicted molar refractivity (Wildman–Crippen MR) is 104 cm³/mol. The number of para-hydroxylation sites is 1. The molecule has 1 aromatic carbocycles. The second-order valence-corrected chi connectivity index (χ2v) is 8.67. The van der Waals surface area contributed by atoms with Crippen molar-refractivity contribution in [2.45, 2.75) is 45.4 Å². The summed E-state index contributed by atoms with van der Waals surface area (Å²) in [5.41, 5.74) is 1.84. The van der Waals surface area contributed by atoms with E-state index in [-0.39, 0.29) is 11.3 Å². The molecule has 1 spiro atoms. The number of methoxy groups -OCH3 is 1. The number of carbonyl (C=O) groups is 2. The van der Waals surface area contributed by atoms with Gasteiger partial charge in [0.15, 0.2) is 0 Å². The first-order valence-corrected chi connectivity index (χ1v) is 10.2. The average molecular weight is 370 g/mol. The Labute approximate surface area is 161 Å². The van der Waals surface area contributed by atoms with E-state index in [2.05, 4.69) is 4.90 Å². The van der Waals surface area contributed by atoms with Crippen LogP contribution in [0, 0.1) is 18.3 Å². The van der Waals surface area contributed by atoms with Gasteiger partial charge in [0.25, 0.3) is 5.91 Å². The molecule has 146 valence electrons. The minimum Gasteiger partial charge on any atom is -0.496 e. The number of benzene rings is 1. The third-order valence-electron chi connectivity index (χ3n) is 6.68. The summed E-state index contributed by atoms with van der Waals surface area (Å²) in [6, 6.07) is 5.74. The molecule has 0 radical (unpaired) electrons. The van der Waals surface area contributed by atoms with Gasteiger partial charge in [-0.2, -0.15) is 0 Å². The van der Waals surface area contributed by atoms with Gasteiger partial charge in [0.1, 0.15) is 5.75 Å². The molecule has 1 aliphatic carbocycles. The number of rotatable bonds is 4.